The number of ether oxygens (including phenoxy) is 1. The van der Waals surface area contributed by atoms with Crippen LogP contribution < -0.4 is 5.73 Å². The molecule has 2 nitrogen and oxygen atoms in total. The molecule has 0 fully saturated rings. The molecule has 2 heteroatoms. The normalized spacial score (nSPS) is 14.9. The van der Waals surface area contributed by atoms with E-state index in [-0.39, 0.29) is 5.92 Å². The predicted octanol–water partition coefficient (Wildman–Crippen LogP) is 6.14. The molecule has 3 aromatic rings. The number of fused-ring (bicyclic) bond motifs is 3. The number of allylic oxidation sites excluding steroid dienone is 1. The molecule has 1 aliphatic carbocycles. The molecule has 0 saturated heterocycles. The molecule has 28 heavy (non-hydrogen) atoms. The Hall–Kier alpha value is -2.84. The molecule has 0 saturated carbocycles. The van der Waals surface area contributed by atoms with Crippen LogP contribution in [0.3, 0.4) is 0 Å². The molecule has 0 aromatic heterocycles. The van der Waals surface area contributed by atoms with Crippen LogP contribution in [-0.2, 0) is 17.9 Å². The number of benzene rings is 3. The number of hydrogen-bond acceptors (Lipinski definition) is 2. The van der Waals surface area contributed by atoms with Crippen molar-refractivity contribution in [3.8, 4) is 11.1 Å². The Morgan fingerprint density at radius 3 is 2.46 bits per heavy atom. The number of rotatable bonds is 7. The fraction of sp³-hybridized carbons (Fsp3) is 0.231. The van der Waals surface area contributed by atoms with Crippen molar-refractivity contribution in [1.82, 2.24) is 0 Å². The molecular weight excluding hydrogens is 342 g/mol. The van der Waals surface area contributed by atoms with Gasteiger partial charge in [0.15, 0.2) is 0 Å². The van der Waals surface area contributed by atoms with E-state index in [1.165, 1.54) is 38.9 Å². The zero-order valence-corrected chi connectivity index (χ0v) is 16.4. The lowest BCUT2D eigenvalue weighted by Gasteiger charge is -2.18. The third-order valence-corrected chi connectivity index (χ3v) is 5.49. The van der Waals surface area contributed by atoms with Gasteiger partial charge in [-0.05, 0) is 51.4 Å². The number of nitrogens with two attached hydrogens (primary N) is 1. The van der Waals surface area contributed by atoms with Crippen molar-refractivity contribution < 1.29 is 4.74 Å². The van der Waals surface area contributed by atoms with E-state index < -0.39 is 0 Å². The van der Waals surface area contributed by atoms with Gasteiger partial charge in [0.25, 0.3) is 0 Å². The van der Waals surface area contributed by atoms with Crippen molar-refractivity contribution in [2.24, 2.45) is 5.73 Å². The van der Waals surface area contributed by atoms with E-state index in [9.17, 15) is 0 Å². The van der Waals surface area contributed by atoms with Crippen LogP contribution in [0.4, 0.5) is 0 Å². The van der Waals surface area contributed by atoms with Crippen LogP contribution >= 0.6 is 0 Å². The Bertz CT molecular complexity index is 975. The van der Waals surface area contributed by atoms with Crippen LogP contribution in [0.5, 0.6) is 0 Å². The Morgan fingerprint density at radius 1 is 0.929 bits per heavy atom. The van der Waals surface area contributed by atoms with Crippen molar-refractivity contribution in [2.45, 2.75) is 38.8 Å². The van der Waals surface area contributed by atoms with Crippen LogP contribution in [0.15, 0.2) is 79.1 Å². The zero-order valence-electron chi connectivity index (χ0n) is 16.4. The second-order valence-corrected chi connectivity index (χ2v) is 7.28. The van der Waals surface area contributed by atoms with Gasteiger partial charge in [0, 0.05) is 12.5 Å². The summed E-state index contributed by atoms with van der Waals surface area (Å²) in [6.07, 6.45) is 6.10. The minimum absolute atomic E-state index is 0.224. The first-order chi connectivity index (χ1) is 13.8. The summed E-state index contributed by atoms with van der Waals surface area (Å²) in [4.78, 5) is 0. The summed E-state index contributed by atoms with van der Waals surface area (Å²) in [6, 6.07) is 23.8. The summed E-state index contributed by atoms with van der Waals surface area (Å²) >= 11 is 0. The Kier molecular flexibility index (Phi) is 5.59. The van der Waals surface area contributed by atoms with E-state index in [4.69, 9.17) is 10.5 Å². The van der Waals surface area contributed by atoms with Gasteiger partial charge in [-0.2, -0.15) is 0 Å². The number of hydrogen-bond donors (Lipinski definition) is 1. The van der Waals surface area contributed by atoms with E-state index in [2.05, 4.69) is 79.7 Å². The highest BCUT2D eigenvalue weighted by atomic mass is 16.5. The zero-order chi connectivity index (χ0) is 19.3. The Labute approximate surface area is 167 Å². The minimum Gasteiger partial charge on any atom is -0.497 e. The maximum atomic E-state index is 6.16. The van der Waals surface area contributed by atoms with Gasteiger partial charge in [-0.1, -0.05) is 80.1 Å². The molecule has 0 heterocycles. The molecular formula is C26H27NO. The molecule has 1 unspecified atom stereocenters. The molecule has 142 valence electrons. The molecule has 0 bridgehead atoms. The first-order valence-electron chi connectivity index (χ1n) is 10.1. The summed E-state index contributed by atoms with van der Waals surface area (Å²) in [6.45, 7) is 3.28. The smallest absolute Gasteiger partial charge is 0.113 e. The van der Waals surface area contributed by atoms with E-state index in [1.807, 2.05) is 6.26 Å². The van der Waals surface area contributed by atoms with Gasteiger partial charge >= 0.3 is 0 Å². The van der Waals surface area contributed by atoms with Crippen molar-refractivity contribution in [3.05, 3.63) is 107 Å². The number of unbranched alkanes of at least 4 members (excludes halogenated alkanes) is 1. The highest BCUT2D eigenvalue weighted by Gasteiger charge is 2.33. The SMILES string of the molecule is CCCC=COCc1ccc(CN)c2c1-c1ccccc1C2c1ccccc1. The van der Waals surface area contributed by atoms with Crippen molar-refractivity contribution in [3.63, 3.8) is 0 Å². The van der Waals surface area contributed by atoms with Crippen LogP contribution in [0, 0.1) is 0 Å². The standard InChI is InChI=1S/C26H27NO/c1-2-3-9-16-28-18-21-15-14-20(17-27)26-24(19-10-5-4-6-11-19)22-12-7-8-13-23(22)25(21)26/h4-16,24H,2-3,17-18,27H2,1H3. The average molecular weight is 370 g/mol. The molecule has 4 rings (SSSR count). The third kappa shape index (κ3) is 3.36. The van der Waals surface area contributed by atoms with E-state index in [1.54, 1.807) is 0 Å². The highest BCUT2D eigenvalue weighted by Crippen LogP contribution is 2.50. The summed E-state index contributed by atoms with van der Waals surface area (Å²) in [5, 5.41) is 0. The Morgan fingerprint density at radius 2 is 1.68 bits per heavy atom. The highest BCUT2D eigenvalue weighted by molar-refractivity contribution is 5.84. The molecule has 3 aromatic carbocycles. The molecule has 2 N–H and O–H groups in total. The van der Waals surface area contributed by atoms with Gasteiger partial charge in [-0.3, -0.25) is 0 Å². The lowest BCUT2D eigenvalue weighted by atomic mass is 9.86. The van der Waals surface area contributed by atoms with Crippen molar-refractivity contribution >= 4 is 0 Å². The molecule has 0 aliphatic heterocycles. The summed E-state index contributed by atoms with van der Waals surface area (Å²) in [5.41, 5.74) is 15.2. The van der Waals surface area contributed by atoms with Crippen molar-refractivity contribution in [2.75, 3.05) is 0 Å². The van der Waals surface area contributed by atoms with Crippen LogP contribution in [-0.4, -0.2) is 0 Å². The molecule has 0 amide bonds. The average Bonchev–Trinajstić information content (AvgIpc) is 3.10. The van der Waals surface area contributed by atoms with Crippen LogP contribution in [0.1, 0.15) is 53.5 Å². The second-order valence-electron chi connectivity index (χ2n) is 7.28. The van der Waals surface area contributed by atoms with Gasteiger partial charge in [0.2, 0.25) is 0 Å². The monoisotopic (exact) mass is 369 g/mol. The first-order valence-corrected chi connectivity index (χ1v) is 10.1. The molecule has 1 aliphatic rings. The van der Waals surface area contributed by atoms with Gasteiger partial charge in [-0.15, -0.1) is 0 Å². The second kappa shape index (κ2) is 8.45. The van der Waals surface area contributed by atoms with E-state index in [0.29, 0.717) is 13.2 Å². The van der Waals surface area contributed by atoms with Crippen LogP contribution in [0.2, 0.25) is 0 Å². The lowest BCUT2D eigenvalue weighted by molar-refractivity contribution is 0.236. The molecule has 0 spiro atoms. The van der Waals surface area contributed by atoms with Gasteiger partial charge in [0.05, 0.1) is 6.26 Å². The van der Waals surface area contributed by atoms with Crippen molar-refractivity contribution in [1.29, 1.82) is 0 Å². The summed E-state index contributed by atoms with van der Waals surface area (Å²) in [5.74, 6) is 0.224. The topological polar surface area (TPSA) is 35.2 Å². The largest absolute Gasteiger partial charge is 0.497 e. The fourth-order valence-electron chi connectivity index (χ4n) is 4.22. The Balaban J connectivity index is 1.83. The maximum absolute atomic E-state index is 6.16. The van der Waals surface area contributed by atoms with E-state index in [0.717, 1.165) is 12.8 Å². The lowest BCUT2D eigenvalue weighted by Crippen LogP contribution is -2.07. The first kappa shape index (κ1) is 18.5. The molecule has 1 atom stereocenters. The summed E-state index contributed by atoms with van der Waals surface area (Å²) < 4.78 is 5.86. The molecule has 0 radical (unpaired) electrons. The summed E-state index contributed by atoms with van der Waals surface area (Å²) in [7, 11) is 0. The third-order valence-electron chi connectivity index (χ3n) is 5.49. The predicted molar refractivity (Wildman–Crippen MR) is 116 cm³/mol. The van der Waals surface area contributed by atoms with Gasteiger partial charge in [-0.25, -0.2) is 0 Å². The van der Waals surface area contributed by atoms with E-state index >= 15 is 0 Å². The minimum atomic E-state index is 0.224. The maximum Gasteiger partial charge on any atom is 0.113 e. The van der Waals surface area contributed by atoms with Crippen LogP contribution in [0.25, 0.3) is 11.1 Å². The fourth-order valence-corrected chi connectivity index (χ4v) is 4.22. The van der Waals surface area contributed by atoms with Gasteiger partial charge < -0.3 is 10.5 Å². The van der Waals surface area contributed by atoms with Gasteiger partial charge in [0.1, 0.15) is 6.61 Å². The quantitative estimate of drug-likeness (QED) is 0.397.